The summed E-state index contributed by atoms with van der Waals surface area (Å²) in [5.41, 5.74) is 0.652. The van der Waals surface area contributed by atoms with Gasteiger partial charge in [-0.1, -0.05) is 18.2 Å². The molecule has 3 rings (SSSR count). The number of benzene rings is 3. The maximum absolute atomic E-state index is 12.0. The Kier molecular flexibility index (Phi) is 4.76. The van der Waals surface area contributed by atoms with E-state index < -0.39 is 11.9 Å². The van der Waals surface area contributed by atoms with E-state index in [9.17, 15) is 14.7 Å². The van der Waals surface area contributed by atoms with Gasteiger partial charge in [0.05, 0.1) is 11.1 Å². The molecule has 0 aliphatic carbocycles. The average molecular weight is 334 g/mol. The molecule has 0 aliphatic heterocycles. The molecule has 0 atom stereocenters. The molecule has 0 unspecified atom stereocenters. The zero-order valence-corrected chi connectivity index (χ0v) is 13.1. The van der Waals surface area contributed by atoms with Gasteiger partial charge in [-0.3, -0.25) is 0 Å². The van der Waals surface area contributed by atoms with Gasteiger partial charge in [0.1, 0.15) is 17.2 Å². The van der Waals surface area contributed by atoms with Gasteiger partial charge in [0.15, 0.2) is 0 Å². The van der Waals surface area contributed by atoms with E-state index >= 15 is 0 Å². The third kappa shape index (κ3) is 4.23. The molecular weight excluding hydrogens is 320 g/mol. The van der Waals surface area contributed by atoms with Crippen LogP contribution in [0.1, 0.15) is 20.7 Å². The number of hydrogen-bond acceptors (Lipinski definition) is 5. The summed E-state index contributed by atoms with van der Waals surface area (Å²) >= 11 is 0. The number of para-hydroxylation sites is 1. The molecule has 0 spiro atoms. The van der Waals surface area contributed by atoms with Crippen molar-refractivity contribution in [3.05, 3.63) is 90.0 Å². The second-order valence-corrected chi connectivity index (χ2v) is 5.16. The van der Waals surface area contributed by atoms with Crippen molar-refractivity contribution in [2.75, 3.05) is 0 Å². The Balaban J connectivity index is 1.64. The normalized spacial score (nSPS) is 10.1. The first-order valence-electron chi connectivity index (χ1n) is 7.50. The third-order valence-corrected chi connectivity index (χ3v) is 3.36. The molecule has 0 radical (unpaired) electrons. The minimum Gasteiger partial charge on any atom is -0.508 e. The summed E-state index contributed by atoms with van der Waals surface area (Å²) in [5, 5.41) is 9.22. The summed E-state index contributed by atoms with van der Waals surface area (Å²) in [5.74, 6) is -0.232. The van der Waals surface area contributed by atoms with Gasteiger partial charge in [-0.2, -0.15) is 0 Å². The quantitative estimate of drug-likeness (QED) is 0.580. The summed E-state index contributed by atoms with van der Waals surface area (Å²) in [6, 6.07) is 20.5. The lowest BCUT2D eigenvalue weighted by Gasteiger charge is -2.06. The van der Waals surface area contributed by atoms with Crippen LogP contribution in [0.15, 0.2) is 78.9 Å². The molecule has 0 heterocycles. The van der Waals surface area contributed by atoms with Crippen LogP contribution in [0.25, 0.3) is 0 Å². The lowest BCUT2D eigenvalue weighted by Crippen LogP contribution is -2.10. The van der Waals surface area contributed by atoms with E-state index in [2.05, 4.69) is 0 Å². The SMILES string of the molecule is O=C(Oc1ccc(C(=O)Oc2ccccc2)cc1)c1ccc(O)cc1. The van der Waals surface area contributed by atoms with Crippen molar-refractivity contribution in [2.24, 2.45) is 0 Å². The number of phenolic OH excluding ortho intramolecular Hbond substituents is 1. The molecule has 0 fully saturated rings. The topological polar surface area (TPSA) is 72.8 Å². The number of carbonyl (C=O) groups excluding carboxylic acids is 2. The molecule has 0 amide bonds. The zero-order valence-electron chi connectivity index (χ0n) is 13.1. The predicted octanol–water partition coefficient (Wildman–Crippen LogP) is 3.83. The molecule has 25 heavy (non-hydrogen) atoms. The van der Waals surface area contributed by atoms with Crippen molar-refractivity contribution in [1.29, 1.82) is 0 Å². The highest BCUT2D eigenvalue weighted by atomic mass is 16.5. The fourth-order valence-electron chi connectivity index (χ4n) is 2.08. The van der Waals surface area contributed by atoms with Gasteiger partial charge in [-0.05, 0) is 60.7 Å². The highest BCUT2D eigenvalue weighted by Gasteiger charge is 2.11. The Bertz CT molecular complexity index is 868. The molecule has 124 valence electrons. The van der Waals surface area contributed by atoms with Crippen LogP contribution in [0.5, 0.6) is 17.2 Å². The number of carbonyl (C=O) groups is 2. The second-order valence-electron chi connectivity index (χ2n) is 5.16. The average Bonchev–Trinajstić information content (AvgIpc) is 2.63. The van der Waals surface area contributed by atoms with Crippen LogP contribution in [0.3, 0.4) is 0 Å². The van der Waals surface area contributed by atoms with Crippen LogP contribution in [-0.2, 0) is 0 Å². The number of esters is 2. The lowest BCUT2D eigenvalue weighted by molar-refractivity contribution is 0.0730. The molecule has 3 aromatic carbocycles. The molecule has 3 aromatic rings. The molecule has 0 saturated carbocycles. The van der Waals surface area contributed by atoms with Crippen molar-refractivity contribution < 1.29 is 24.2 Å². The first-order valence-corrected chi connectivity index (χ1v) is 7.50. The van der Waals surface area contributed by atoms with Crippen LogP contribution in [0.4, 0.5) is 0 Å². The van der Waals surface area contributed by atoms with Crippen molar-refractivity contribution in [2.45, 2.75) is 0 Å². The Morgan fingerprint density at radius 1 is 0.600 bits per heavy atom. The van der Waals surface area contributed by atoms with Crippen molar-refractivity contribution in [3.8, 4) is 17.2 Å². The van der Waals surface area contributed by atoms with Crippen LogP contribution in [0, 0.1) is 0 Å². The highest BCUT2D eigenvalue weighted by molar-refractivity contribution is 5.92. The summed E-state index contributed by atoms with van der Waals surface area (Å²) in [7, 11) is 0. The van der Waals surface area contributed by atoms with E-state index in [1.54, 1.807) is 24.3 Å². The summed E-state index contributed by atoms with van der Waals surface area (Å²) in [4.78, 5) is 24.0. The number of ether oxygens (including phenoxy) is 2. The predicted molar refractivity (Wildman–Crippen MR) is 90.9 cm³/mol. The van der Waals surface area contributed by atoms with Gasteiger partial charge in [-0.15, -0.1) is 0 Å². The molecule has 5 nitrogen and oxygen atoms in total. The van der Waals surface area contributed by atoms with E-state index in [0.717, 1.165) is 0 Å². The van der Waals surface area contributed by atoms with Gasteiger partial charge in [-0.25, -0.2) is 9.59 Å². The Labute approximate surface area is 144 Å². The summed E-state index contributed by atoms with van der Waals surface area (Å²) in [6.45, 7) is 0. The van der Waals surface area contributed by atoms with E-state index in [1.807, 2.05) is 6.07 Å². The molecule has 1 N–H and O–H groups in total. The standard InChI is InChI=1S/C20H14O5/c21-16-10-6-14(7-11-16)19(22)25-18-12-8-15(9-13-18)20(23)24-17-4-2-1-3-5-17/h1-13,21H. The Hall–Kier alpha value is -3.60. The lowest BCUT2D eigenvalue weighted by atomic mass is 10.2. The monoisotopic (exact) mass is 334 g/mol. The fraction of sp³-hybridized carbons (Fsp3) is 0. The van der Waals surface area contributed by atoms with Gasteiger partial charge < -0.3 is 14.6 Å². The minimum absolute atomic E-state index is 0.0674. The highest BCUT2D eigenvalue weighted by Crippen LogP contribution is 2.17. The molecule has 0 bridgehead atoms. The van der Waals surface area contributed by atoms with Crippen LogP contribution in [0.2, 0.25) is 0 Å². The zero-order chi connectivity index (χ0) is 17.6. The van der Waals surface area contributed by atoms with Crippen molar-refractivity contribution >= 4 is 11.9 Å². The van der Waals surface area contributed by atoms with E-state index in [1.165, 1.54) is 48.5 Å². The van der Waals surface area contributed by atoms with Crippen LogP contribution >= 0.6 is 0 Å². The van der Waals surface area contributed by atoms with Crippen molar-refractivity contribution in [3.63, 3.8) is 0 Å². The number of aromatic hydroxyl groups is 1. The molecule has 0 aromatic heterocycles. The van der Waals surface area contributed by atoms with Crippen molar-refractivity contribution in [1.82, 2.24) is 0 Å². The Morgan fingerprint density at radius 3 is 1.56 bits per heavy atom. The second kappa shape index (κ2) is 7.31. The van der Waals surface area contributed by atoms with Gasteiger partial charge in [0, 0.05) is 0 Å². The number of hydrogen-bond donors (Lipinski definition) is 1. The smallest absolute Gasteiger partial charge is 0.343 e. The van der Waals surface area contributed by atoms with Crippen LogP contribution in [-0.4, -0.2) is 17.0 Å². The molecular formula is C20H14O5. The largest absolute Gasteiger partial charge is 0.508 e. The number of rotatable bonds is 4. The van der Waals surface area contributed by atoms with Crippen LogP contribution < -0.4 is 9.47 Å². The summed E-state index contributed by atoms with van der Waals surface area (Å²) in [6.07, 6.45) is 0. The fourth-order valence-corrected chi connectivity index (χ4v) is 2.08. The maximum atomic E-state index is 12.0. The van der Waals surface area contributed by atoms with Gasteiger partial charge in [0.25, 0.3) is 0 Å². The minimum atomic E-state index is -0.556. The molecule has 0 aliphatic rings. The molecule has 5 heteroatoms. The Morgan fingerprint density at radius 2 is 1.04 bits per heavy atom. The van der Waals surface area contributed by atoms with Gasteiger partial charge in [0.2, 0.25) is 0 Å². The first-order chi connectivity index (χ1) is 12.1. The molecule has 0 saturated heterocycles. The summed E-state index contributed by atoms with van der Waals surface area (Å²) < 4.78 is 10.5. The first kappa shape index (κ1) is 16.3. The van der Waals surface area contributed by atoms with E-state index in [0.29, 0.717) is 22.6 Å². The van der Waals surface area contributed by atoms with Gasteiger partial charge >= 0.3 is 11.9 Å². The van der Waals surface area contributed by atoms with E-state index in [4.69, 9.17) is 9.47 Å². The van der Waals surface area contributed by atoms with E-state index in [-0.39, 0.29) is 5.75 Å². The third-order valence-electron chi connectivity index (χ3n) is 3.36. The maximum Gasteiger partial charge on any atom is 0.343 e. The number of phenols is 1.